The van der Waals surface area contributed by atoms with Crippen molar-refractivity contribution in [2.75, 3.05) is 11.9 Å². The summed E-state index contributed by atoms with van der Waals surface area (Å²) in [7, 11) is 0. The Morgan fingerprint density at radius 2 is 2.00 bits per heavy atom. The van der Waals surface area contributed by atoms with Crippen LogP contribution in [0, 0.1) is 5.82 Å². The Hall–Kier alpha value is -1.74. The molecule has 4 heteroatoms. The maximum atomic E-state index is 13.1. The molecule has 0 aliphatic carbocycles. The van der Waals surface area contributed by atoms with Crippen LogP contribution in [0.1, 0.15) is 25.3 Å². The van der Waals surface area contributed by atoms with Crippen LogP contribution in [-0.4, -0.2) is 6.61 Å². The van der Waals surface area contributed by atoms with E-state index in [-0.39, 0.29) is 5.02 Å². The van der Waals surface area contributed by atoms with Gasteiger partial charge in [-0.15, -0.1) is 0 Å². The molecule has 0 spiro atoms. The Kier molecular flexibility index (Phi) is 5.88. The number of nitrogens with one attached hydrogen (secondary N) is 1. The summed E-state index contributed by atoms with van der Waals surface area (Å²) in [5.41, 5.74) is 1.85. The van der Waals surface area contributed by atoms with Crippen LogP contribution in [-0.2, 0) is 6.54 Å². The first kappa shape index (κ1) is 15.6. The lowest BCUT2D eigenvalue weighted by Crippen LogP contribution is -2.04. The molecule has 2 rings (SSSR count). The Balaban J connectivity index is 2.00. The predicted molar refractivity (Wildman–Crippen MR) is 85.6 cm³/mol. The third-order valence-corrected chi connectivity index (χ3v) is 3.42. The maximum Gasteiger partial charge on any atom is 0.141 e. The molecule has 0 bridgehead atoms. The van der Waals surface area contributed by atoms with Crippen LogP contribution in [0.4, 0.5) is 10.1 Å². The summed E-state index contributed by atoms with van der Waals surface area (Å²) in [5.74, 6) is 0.470. The standard InChI is InChI=1S/C17H19ClFNO/c1-2-3-10-21-17-7-5-4-6-13(17)12-20-14-8-9-16(19)15(18)11-14/h4-9,11,20H,2-3,10,12H2,1H3. The molecule has 2 aromatic rings. The largest absolute Gasteiger partial charge is 0.493 e. The zero-order valence-electron chi connectivity index (χ0n) is 12.0. The number of halogens is 2. The molecule has 2 aromatic carbocycles. The van der Waals surface area contributed by atoms with Crippen molar-refractivity contribution in [1.82, 2.24) is 0 Å². The molecule has 0 amide bonds. The number of benzene rings is 2. The summed E-state index contributed by atoms with van der Waals surface area (Å²) in [6.45, 7) is 3.45. The van der Waals surface area contributed by atoms with E-state index in [2.05, 4.69) is 12.2 Å². The molecule has 0 saturated heterocycles. The molecule has 0 fully saturated rings. The quantitative estimate of drug-likeness (QED) is 0.704. The van der Waals surface area contributed by atoms with Crippen LogP contribution in [0.25, 0.3) is 0 Å². The fourth-order valence-corrected chi connectivity index (χ4v) is 2.10. The normalized spacial score (nSPS) is 10.4. The molecule has 0 aliphatic heterocycles. The number of hydrogen-bond acceptors (Lipinski definition) is 2. The fraction of sp³-hybridized carbons (Fsp3) is 0.294. The van der Waals surface area contributed by atoms with Gasteiger partial charge in [0.1, 0.15) is 11.6 Å². The summed E-state index contributed by atoms with van der Waals surface area (Å²) >= 11 is 5.77. The van der Waals surface area contributed by atoms with Gasteiger partial charge in [0.05, 0.1) is 11.6 Å². The highest BCUT2D eigenvalue weighted by molar-refractivity contribution is 6.31. The zero-order chi connectivity index (χ0) is 15.1. The molecule has 0 unspecified atom stereocenters. The minimum absolute atomic E-state index is 0.118. The summed E-state index contributed by atoms with van der Waals surface area (Å²) < 4.78 is 18.9. The summed E-state index contributed by atoms with van der Waals surface area (Å²) in [4.78, 5) is 0. The van der Waals surface area contributed by atoms with Crippen LogP contribution in [0.2, 0.25) is 5.02 Å². The SMILES string of the molecule is CCCCOc1ccccc1CNc1ccc(F)c(Cl)c1. The molecule has 0 radical (unpaired) electrons. The topological polar surface area (TPSA) is 21.3 Å². The van der Waals surface area contributed by atoms with Gasteiger partial charge in [0, 0.05) is 17.8 Å². The molecule has 112 valence electrons. The Bertz CT molecular complexity index is 589. The van der Waals surface area contributed by atoms with E-state index < -0.39 is 5.82 Å². The molecule has 0 aromatic heterocycles. The van der Waals surface area contributed by atoms with Gasteiger partial charge in [0.25, 0.3) is 0 Å². The smallest absolute Gasteiger partial charge is 0.141 e. The summed E-state index contributed by atoms with van der Waals surface area (Å²) in [6, 6.07) is 12.5. The number of unbranched alkanes of at least 4 members (excludes halogenated alkanes) is 1. The molecule has 0 aliphatic rings. The van der Waals surface area contributed by atoms with Gasteiger partial charge >= 0.3 is 0 Å². The number of ether oxygens (including phenoxy) is 1. The van der Waals surface area contributed by atoms with E-state index in [1.165, 1.54) is 6.07 Å². The Morgan fingerprint density at radius 1 is 1.19 bits per heavy atom. The first-order valence-electron chi connectivity index (χ1n) is 7.10. The van der Waals surface area contributed by atoms with Gasteiger partial charge in [-0.1, -0.05) is 43.1 Å². The lowest BCUT2D eigenvalue weighted by atomic mass is 10.2. The molecule has 2 nitrogen and oxygen atoms in total. The van der Waals surface area contributed by atoms with E-state index in [0.29, 0.717) is 6.54 Å². The van der Waals surface area contributed by atoms with Crippen molar-refractivity contribution < 1.29 is 9.13 Å². The highest BCUT2D eigenvalue weighted by Gasteiger charge is 2.04. The first-order valence-corrected chi connectivity index (χ1v) is 7.48. The van der Waals surface area contributed by atoms with E-state index in [1.54, 1.807) is 12.1 Å². The summed E-state index contributed by atoms with van der Waals surface area (Å²) in [5, 5.41) is 3.35. The minimum atomic E-state index is -0.412. The van der Waals surface area contributed by atoms with Crippen LogP contribution >= 0.6 is 11.6 Å². The lowest BCUT2D eigenvalue weighted by Gasteiger charge is -2.13. The van der Waals surface area contributed by atoms with Crippen LogP contribution in [0.15, 0.2) is 42.5 Å². The van der Waals surface area contributed by atoms with Gasteiger partial charge in [0.2, 0.25) is 0 Å². The van der Waals surface area contributed by atoms with Gasteiger partial charge in [-0.2, -0.15) is 0 Å². The molecular weight excluding hydrogens is 289 g/mol. The molecular formula is C17H19ClFNO. The average Bonchev–Trinajstić information content (AvgIpc) is 2.50. The number of para-hydroxylation sites is 1. The average molecular weight is 308 g/mol. The van der Waals surface area contributed by atoms with E-state index in [0.717, 1.165) is 36.4 Å². The van der Waals surface area contributed by atoms with E-state index >= 15 is 0 Å². The van der Waals surface area contributed by atoms with Crippen LogP contribution in [0.3, 0.4) is 0 Å². The van der Waals surface area contributed by atoms with Crippen molar-refractivity contribution in [2.45, 2.75) is 26.3 Å². The van der Waals surface area contributed by atoms with Crippen LogP contribution in [0.5, 0.6) is 5.75 Å². The summed E-state index contributed by atoms with van der Waals surface area (Å²) in [6.07, 6.45) is 2.14. The first-order chi connectivity index (χ1) is 10.2. The third kappa shape index (κ3) is 4.64. The molecule has 21 heavy (non-hydrogen) atoms. The maximum absolute atomic E-state index is 13.1. The third-order valence-electron chi connectivity index (χ3n) is 3.13. The van der Waals surface area contributed by atoms with Gasteiger partial charge in [-0.05, 0) is 30.7 Å². The van der Waals surface area contributed by atoms with Gasteiger partial charge in [-0.25, -0.2) is 4.39 Å². The molecule has 1 N–H and O–H groups in total. The molecule has 0 atom stereocenters. The lowest BCUT2D eigenvalue weighted by molar-refractivity contribution is 0.306. The van der Waals surface area contributed by atoms with Crippen molar-refractivity contribution >= 4 is 17.3 Å². The van der Waals surface area contributed by atoms with E-state index in [9.17, 15) is 4.39 Å². The fourth-order valence-electron chi connectivity index (χ4n) is 1.92. The van der Waals surface area contributed by atoms with Crippen molar-refractivity contribution in [3.8, 4) is 5.75 Å². The Morgan fingerprint density at radius 3 is 2.76 bits per heavy atom. The van der Waals surface area contributed by atoms with Gasteiger partial charge < -0.3 is 10.1 Å². The minimum Gasteiger partial charge on any atom is -0.493 e. The number of hydrogen-bond donors (Lipinski definition) is 1. The monoisotopic (exact) mass is 307 g/mol. The van der Waals surface area contributed by atoms with Crippen molar-refractivity contribution in [3.63, 3.8) is 0 Å². The number of anilines is 1. The zero-order valence-corrected chi connectivity index (χ0v) is 12.8. The van der Waals surface area contributed by atoms with Crippen LogP contribution < -0.4 is 10.1 Å². The van der Waals surface area contributed by atoms with E-state index in [4.69, 9.17) is 16.3 Å². The molecule has 0 heterocycles. The predicted octanol–water partition coefficient (Wildman–Crippen LogP) is 5.27. The second-order valence-electron chi connectivity index (χ2n) is 4.79. The van der Waals surface area contributed by atoms with E-state index in [1.807, 2.05) is 24.3 Å². The van der Waals surface area contributed by atoms with Crippen molar-refractivity contribution in [3.05, 3.63) is 58.9 Å². The van der Waals surface area contributed by atoms with Crippen molar-refractivity contribution in [1.29, 1.82) is 0 Å². The van der Waals surface area contributed by atoms with Gasteiger partial charge in [-0.3, -0.25) is 0 Å². The second-order valence-corrected chi connectivity index (χ2v) is 5.20. The van der Waals surface area contributed by atoms with Crippen molar-refractivity contribution in [2.24, 2.45) is 0 Å². The highest BCUT2D eigenvalue weighted by Crippen LogP contribution is 2.22. The van der Waals surface area contributed by atoms with Gasteiger partial charge in [0.15, 0.2) is 0 Å². The Labute approximate surface area is 129 Å². The second kappa shape index (κ2) is 7.89. The number of rotatable bonds is 7. The molecule has 0 saturated carbocycles. The highest BCUT2D eigenvalue weighted by atomic mass is 35.5.